The normalized spacial score (nSPS) is 17.8. The van der Waals surface area contributed by atoms with Gasteiger partial charge in [0.2, 0.25) is 0 Å². The van der Waals surface area contributed by atoms with Gasteiger partial charge < -0.3 is 0 Å². The Morgan fingerprint density at radius 2 is 1.89 bits per heavy atom. The van der Waals surface area contributed by atoms with Crippen LogP contribution in [-0.2, 0) is 5.75 Å². The second-order valence-electron chi connectivity index (χ2n) is 5.39. The van der Waals surface area contributed by atoms with Crippen molar-refractivity contribution < 1.29 is 4.39 Å². The van der Waals surface area contributed by atoms with Gasteiger partial charge in [-0.25, -0.2) is 4.39 Å². The van der Waals surface area contributed by atoms with E-state index in [1.807, 2.05) is 17.8 Å². The summed E-state index contributed by atoms with van der Waals surface area (Å²) in [5, 5.41) is 0. The van der Waals surface area contributed by atoms with Crippen molar-refractivity contribution in [3.05, 3.63) is 65.0 Å². The highest BCUT2D eigenvalue weighted by Gasteiger charge is 2.26. The van der Waals surface area contributed by atoms with Crippen LogP contribution in [0.4, 0.5) is 4.39 Å². The van der Waals surface area contributed by atoms with E-state index in [9.17, 15) is 4.39 Å². The number of rotatable bonds is 1. The van der Waals surface area contributed by atoms with Gasteiger partial charge in [-0.2, -0.15) is 0 Å². The molecule has 0 aromatic heterocycles. The Morgan fingerprint density at radius 3 is 2.68 bits per heavy atom. The lowest BCUT2D eigenvalue weighted by atomic mass is 9.81. The quantitative estimate of drug-likeness (QED) is 0.686. The van der Waals surface area contributed by atoms with Crippen LogP contribution >= 0.6 is 11.8 Å². The fourth-order valence-electron chi connectivity index (χ4n) is 2.90. The lowest BCUT2D eigenvalue weighted by molar-refractivity contribution is 0.549. The molecule has 0 saturated carbocycles. The SMILES string of the molecule is CC(C)C1c2cc(F)ccc2CSc2ccccc21. The Balaban J connectivity index is 2.23. The fraction of sp³-hybridized carbons (Fsp3) is 0.294. The average Bonchev–Trinajstić information content (AvgIpc) is 2.54. The first-order chi connectivity index (χ1) is 9.16. The van der Waals surface area contributed by atoms with E-state index in [0.717, 1.165) is 11.3 Å². The highest BCUT2D eigenvalue weighted by molar-refractivity contribution is 7.98. The van der Waals surface area contributed by atoms with Gasteiger partial charge in [0.05, 0.1) is 0 Å². The van der Waals surface area contributed by atoms with Crippen LogP contribution in [-0.4, -0.2) is 0 Å². The minimum absolute atomic E-state index is 0.131. The molecule has 0 saturated heterocycles. The van der Waals surface area contributed by atoms with Gasteiger partial charge in [-0.05, 0) is 40.8 Å². The van der Waals surface area contributed by atoms with E-state index in [2.05, 4.69) is 38.1 Å². The van der Waals surface area contributed by atoms with Gasteiger partial charge >= 0.3 is 0 Å². The molecule has 0 bridgehead atoms. The van der Waals surface area contributed by atoms with Crippen molar-refractivity contribution in [2.75, 3.05) is 0 Å². The monoisotopic (exact) mass is 272 g/mol. The van der Waals surface area contributed by atoms with E-state index in [0.29, 0.717) is 5.92 Å². The largest absolute Gasteiger partial charge is 0.207 e. The van der Waals surface area contributed by atoms with Gasteiger partial charge in [-0.1, -0.05) is 38.1 Å². The molecule has 0 N–H and O–H groups in total. The second kappa shape index (κ2) is 5.01. The van der Waals surface area contributed by atoms with E-state index < -0.39 is 0 Å². The molecule has 19 heavy (non-hydrogen) atoms. The van der Waals surface area contributed by atoms with Gasteiger partial charge in [0, 0.05) is 16.6 Å². The molecule has 3 rings (SSSR count). The molecule has 1 atom stereocenters. The number of hydrogen-bond acceptors (Lipinski definition) is 1. The van der Waals surface area contributed by atoms with Crippen molar-refractivity contribution >= 4 is 11.8 Å². The summed E-state index contributed by atoms with van der Waals surface area (Å²) in [6, 6.07) is 13.8. The Hall–Kier alpha value is -1.28. The van der Waals surface area contributed by atoms with Gasteiger partial charge in [-0.15, -0.1) is 11.8 Å². The maximum atomic E-state index is 13.6. The Kier molecular flexibility index (Phi) is 3.36. The molecule has 0 spiro atoms. The molecule has 0 aliphatic carbocycles. The Bertz CT molecular complexity index is 604. The van der Waals surface area contributed by atoms with Crippen LogP contribution in [0.15, 0.2) is 47.4 Å². The number of fused-ring (bicyclic) bond motifs is 2. The minimum atomic E-state index is -0.131. The molecule has 0 nitrogen and oxygen atoms in total. The summed E-state index contributed by atoms with van der Waals surface area (Å²) in [4.78, 5) is 1.33. The molecule has 2 heteroatoms. The highest BCUT2D eigenvalue weighted by atomic mass is 32.2. The molecular weight excluding hydrogens is 255 g/mol. The van der Waals surface area contributed by atoms with E-state index in [1.165, 1.54) is 16.0 Å². The van der Waals surface area contributed by atoms with Crippen molar-refractivity contribution in [3.8, 4) is 0 Å². The van der Waals surface area contributed by atoms with Crippen LogP contribution in [0.1, 0.15) is 36.5 Å². The molecule has 1 unspecified atom stereocenters. The van der Waals surface area contributed by atoms with Crippen molar-refractivity contribution in [3.63, 3.8) is 0 Å². The van der Waals surface area contributed by atoms with Crippen LogP contribution in [0, 0.1) is 11.7 Å². The molecule has 2 aromatic carbocycles. The number of benzene rings is 2. The van der Waals surface area contributed by atoms with Crippen molar-refractivity contribution in [2.45, 2.75) is 30.4 Å². The molecule has 0 radical (unpaired) electrons. The highest BCUT2D eigenvalue weighted by Crippen LogP contribution is 2.43. The molecular formula is C17H17FS. The first-order valence-corrected chi connectivity index (χ1v) is 7.65. The summed E-state index contributed by atoms with van der Waals surface area (Å²) < 4.78 is 13.6. The molecule has 1 aliphatic heterocycles. The summed E-state index contributed by atoms with van der Waals surface area (Å²) in [7, 11) is 0. The van der Waals surface area contributed by atoms with Crippen LogP contribution in [0.25, 0.3) is 0 Å². The molecule has 1 heterocycles. The topological polar surface area (TPSA) is 0 Å². The summed E-state index contributed by atoms with van der Waals surface area (Å²) >= 11 is 1.86. The van der Waals surface area contributed by atoms with Gasteiger partial charge in [0.1, 0.15) is 5.82 Å². The Labute approximate surface area is 118 Å². The summed E-state index contributed by atoms with van der Waals surface area (Å²) in [5.41, 5.74) is 3.76. The van der Waals surface area contributed by atoms with Crippen LogP contribution < -0.4 is 0 Å². The fourth-order valence-corrected chi connectivity index (χ4v) is 4.01. The number of thioether (sulfide) groups is 1. The predicted octanol–water partition coefficient (Wildman–Crippen LogP) is 5.22. The first kappa shape index (κ1) is 12.7. The lowest BCUT2D eigenvalue weighted by Gasteiger charge is -2.23. The zero-order chi connectivity index (χ0) is 13.4. The van der Waals surface area contributed by atoms with Crippen LogP contribution in [0.5, 0.6) is 0 Å². The summed E-state index contributed by atoms with van der Waals surface area (Å²) in [5.74, 6) is 1.54. The van der Waals surface area contributed by atoms with Crippen LogP contribution in [0.2, 0.25) is 0 Å². The zero-order valence-electron chi connectivity index (χ0n) is 11.2. The minimum Gasteiger partial charge on any atom is -0.207 e. The lowest BCUT2D eigenvalue weighted by Crippen LogP contribution is -2.10. The van der Waals surface area contributed by atoms with E-state index >= 15 is 0 Å². The molecule has 0 amide bonds. The average molecular weight is 272 g/mol. The first-order valence-electron chi connectivity index (χ1n) is 6.67. The summed E-state index contributed by atoms with van der Waals surface area (Å²) in [6.07, 6.45) is 0. The van der Waals surface area contributed by atoms with Gasteiger partial charge in [-0.3, -0.25) is 0 Å². The standard InChI is InChI=1S/C17H17FS/c1-11(2)17-14-5-3-4-6-16(14)19-10-12-7-8-13(18)9-15(12)17/h3-9,11,17H,10H2,1-2H3. The number of halogens is 1. The van der Waals surface area contributed by atoms with E-state index in [1.54, 1.807) is 12.1 Å². The van der Waals surface area contributed by atoms with Gasteiger partial charge in [0.15, 0.2) is 0 Å². The maximum Gasteiger partial charge on any atom is 0.123 e. The maximum absolute atomic E-state index is 13.6. The Morgan fingerprint density at radius 1 is 1.11 bits per heavy atom. The van der Waals surface area contributed by atoms with E-state index in [4.69, 9.17) is 0 Å². The van der Waals surface area contributed by atoms with Crippen molar-refractivity contribution in [2.24, 2.45) is 5.92 Å². The predicted molar refractivity (Wildman–Crippen MR) is 79.1 cm³/mol. The third-order valence-corrected chi connectivity index (χ3v) is 4.89. The second-order valence-corrected chi connectivity index (χ2v) is 6.41. The smallest absolute Gasteiger partial charge is 0.123 e. The third-order valence-electron chi connectivity index (χ3n) is 3.75. The third kappa shape index (κ3) is 2.30. The molecule has 2 aromatic rings. The van der Waals surface area contributed by atoms with Crippen LogP contribution in [0.3, 0.4) is 0 Å². The van der Waals surface area contributed by atoms with Crippen molar-refractivity contribution in [1.29, 1.82) is 0 Å². The molecule has 98 valence electrons. The van der Waals surface area contributed by atoms with Crippen molar-refractivity contribution in [1.82, 2.24) is 0 Å². The molecule has 1 aliphatic rings. The zero-order valence-corrected chi connectivity index (χ0v) is 12.0. The molecule has 0 fully saturated rings. The van der Waals surface area contributed by atoms with E-state index in [-0.39, 0.29) is 11.7 Å². The number of hydrogen-bond donors (Lipinski definition) is 0. The summed E-state index contributed by atoms with van der Waals surface area (Å²) in [6.45, 7) is 4.43. The van der Waals surface area contributed by atoms with Gasteiger partial charge in [0.25, 0.3) is 0 Å².